The Labute approximate surface area is 173 Å². The van der Waals surface area contributed by atoms with Crippen LogP contribution in [0.1, 0.15) is 74.7 Å². The van der Waals surface area contributed by atoms with Crippen LogP contribution < -0.4 is 0 Å². The van der Waals surface area contributed by atoms with Crippen molar-refractivity contribution in [2.45, 2.75) is 71.8 Å². The molecular formula is C24H32N2O3. The van der Waals surface area contributed by atoms with E-state index in [0.29, 0.717) is 29.0 Å². The molecular weight excluding hydrogens is 364 g/mol. The number of amides is 1. The molecule has 2 fully saturated rings. The summed E-state index contributed by atoms with van der Waals surface area (Å²) < 4.78 is 0. The van der Waals surface area contributed by atoms with Gasteiger partial charge in [-0.15, -0.1) is 0 Å². The van der Waals surface area contributed by atoms with E-state index in [1.807, 2.05) is 4.90 Å². The molecule has 4 aliphatic carbocycles. The number of hydrogen-bond donors (Lipinski definition) is 0. The van der Waals surface area contributed by atoms with Crippen molar-refractivity contribution >= 4 is 11.6 Å². The molecule has 1 aromatic rings. The molecule has 1 amide bonds. The Balaban J connectivity index is 1.62. The lowest BCUT2D eigenvalue weighted by atomic mass is 9.49. The second-order valence-electron chi connectivity index (χ2n) is 9.80. The number of carbonyl (C=O) groups excluding carboxylic acids is 1. The van der Waals surface area contributed by atoms with Crippen LogP contribution in [0.15, 0.2) is 29.8 Å². The van der Waals surface area contributed by atoms with E-state index in [4.69, 9.17) is 0 Å². The third kappa shape index (κ3) is 3.60. The minimum atomic E-state index is -0.391. The standard InChI is InChI=1S/C24H32N2O3/c1-16-9-10-17(13-22(16)26(28)29)23(27)25(20-7-5-4-6-8-20)15-18-11-12-19-14-21(18)24(19,2)3/h9-11,13,19-21H,4-8,12,14-15H2,1-3H3. The number of hydrogen-bond acceptors (Lipinski definition) is 3. The summed E-state index contributed by atoms with van der Waals surface area (Å²) in [6.45, 7) is 7.10. The molecule has 156 valence electrons. The highest BCUT2D eigenvalue weighted by atomic mass is 16.6. The fourth-order valence-electron chi connectivity index (χ4n) is 5.72. The van der Waals surface area contributed by atoms with Crippen LogP contribution >= 0.6 is 0 Å². The maximum absolute atomic E-state index is 13.6. The highest BCUT2D eigenvalue weighted by molar-refractivity contribution is 5.95. The Hall–Kier alpha value is -2.17. The molecule has 5 nitrogen and oxygen atoms in total. The van der Waals surface area contributed by atoms with Crippen molar-refractivity contribution in [3.63, 3.8) is 0 Å². The number of rotatable bonds is 5. The van der Waals surface area contributed by atoms with Crippen LogP contribution in [0.4, 0.5) is 5.69 Å². The molecule has 0 heterocycles. The number of benzene rings is 1. The van der Waals surface area contributed by atoms with Gasteiger partial charge in [0.15, 0.2) is 0 Å². The summed E-state index contributed by atoms with van der Waals surface area (Å²) in [7, 11) is 0. The fourth-order valence-corrected chi connectivity index (χ4v) is 5.72. The van der Waals surface area contributed by atoms with Crippen molar-refractivity contribution in [2.24, 2.45) is 17.3 Å². The highest BCUT2D eigenvalue weighted by Crippen LogP contribution is 2.59. The lowest BCUT2D eigenvalue weighted by Crippen LogP contribution is -2.51. The van der Waals surface area contributed by atoms with Crippen molar-refractivity contribution < 1.29 is 9.72 Å². The summed E-state index contributed by atoms with van der Waals surface area (Å²) in [6.07, 6.45) is 10.3. The number of allylic oxidation sites excluding steroid dienone is 1. The Bertz CT molecular complexity index is 852. The van der Waals surface area contributed by atoms with Gasteiger partial charge in [-0.3, -0.25) is 14.9 Å². The number of nitro benzene ring substituents is 1. The van der Waals surface area contributed by atoms with Crippen molar-refractivity contribution in [1.82, 2.24) is 4.90 Å². The van der Waals surface area contributed by atoms with Gasteiger partial charge in [-0.2, -0.15) is 0 Å². The highest BCUT2D eigenvalue weighted by Gasteiger charge is 2.51. The molecule has 5 heteroatoms. The maximum Gasteiger partial charge on any atom is 0.273 e. The van der Waals surface area contributed by atoms with E-state index >= 15 is 0 Å². The zero-order valence-corrected chi connectivity index (χ0v) is 17.8. The minimum Gasteiger partial charge on any atom is -0.332 e. The molecule has 0 aromatic heterocycles. The number of aryl methyl sites for hydroxylation is 1. The first kappa shape index (κ1) is 20.1. The summed E-state index contributed by atoms with van der Waals surface area (Å²) in [5.74, 6) is 1.28. The molecule has 29 heavy (non-hydrogen) atoms. The zero-order chi connectivity index (χ0) is 20.8. The average Bonchev–Trinajstić information content (AvgIpc) is 2.72. The van der Waals surface area contributed by atoms with Gasteiger partial charge in [-0.25, -0.2) is 0 Å². The van der Waals surface area contributed by atoms with Gasteiger partial charge in [0.05, 0.1) is 4.92 Å². The topological polar surface area (TPSA) is 63.5 Å². The van der Waals surface area contributed by atoms with E-state index in [1.165, 1.54) is 24.5 Å². The molecule has 2 unspecified atom stereocenters. The molecule has 4 aliphatic rings. The van der Waals surface area contributed by atoms with E-state index < -0.39 is 4.92 Å². The minimum absolute atomic E-state index is 0.0271. The summed E-state index contributed by atoms with van der Waals surface area (Å²) >= 11 is 0. The summed E-state index contributed by atoms with van der Waals surface area (Å²) in [4.78, 5) is 26.6. The SMILES string of the molecule is Cc1ccc(C(=O)N(CC2=CCC3CC2C3(C)C)C2CCCCC2)cc1[N+](=O)[O-]. The predicted molar refractivity (Wildman–Crippen MR) is 114 cm³/mol. The van der Waals surface area contributed by atoms with Crippen molar-refractivity contribution in [1.29, 1.82) is 0 Å². The van der Waals surface area contributed by atoms with Crippen LogP contribution in [-0.4, -0.2) is 28.3 Å². The second kappa shape index (κ2) is 7.58. The molecule has 5 rings (SSSR count). The van der Waals surface area contributed by atoms with Gasteiger partial charge in [0.25, 0.3) is 11.6 Å². The van der Waals surface area contributed by atoms with E-state index in [-0.39, 0.29) is 17.6 Å². The molecule has 0 N–H and O–H groups in total. The van der Waals surface area contributed by atoms with Crippen LogP contribution in [0.5, 0.6) is 0 Å². The second-order valence-corrected chi connectivity index (χ2v) is 9.80. The van der Waals surface area contributed by atoms with Crippen LogP contribution in [0.2, 0.25) is 0 Å². The van der Waals surface area contributed by atoms with E-state index in [1.54, 1.807) is 19.1 Å². The van der Waals surface area contributed by atoms with Crippen LogP contribution in [0.25, 0.3) is 0 Å². The van der Waals surface area contributed by atoms with E-state index in [0.717, 1.165) is 38.0 Å². The first-order valence-electron chi connectivity index (χ1n) is 11.0. The fraction of sp³-hybridized carbons (Fsp3) is 0.625. The van der Waals surface area contributed by atoms with Gasteiger partial charge in [0.1, 0.15) is 0 Å². The molecule has 1 aromatic carbocycles. The Morgan fingerprint density at radius 2 is 1.97 bits per heavy atom. The molecule has 0 aliphatic heterocycles. The van der Waals surface area contributed by atoms with Crippen molar-refractivity contribution in [3.8, 4) is 0 Å². The summed E-state index contributed by atoms with van der Waals surface area (Å²) in [6, 6.07) is 5.15. The average molecular weight is 397 g/mol. The molecule has 0 radical (unpaired) electrons. The number of fused-ring (bicyclic) bond motifs is 1. The first-order valence-corrected chi connectivity index (χ1v) is 11.0. The van der Waals surface area contributed by atoms with Crippen molar-refractivity contribution in [3.05, 3.63) is 51.1 Å². The smallest absolute Gasteiger partial charge is 0.273 e. The number of nitrogens with zero attached hydrogens (tertiary/aromatic N) is 2. The zero-order valence-electron chi connectivity index (χ0n) is 17.8. The predicted octanol–water partition coefficient (Wildman–Crippen LogP) is 5.67. The number of nitro groups is 1. The van der Waals surface area contributed by atoms with Gasteiger partial charge < -0.3 is 4.90 Å². The summed E-state index contributed by atoms with van der Waals surface area (Å²) in [5, 5.41) is 11.4. The monoisotopic (exact) mass is 396 g/mol. The largest absolute Gasteiger partial charge is 0.332 e. The van der Waals surface area contributed by atoms with Gasteiger partial charge in [-0.05, 0) is 55.9 Å². The third-order valence-corrected chi connectivity index (χ3v) is 7.86. The lowest BCUT2D eigenvalue weighted by molar-refractivity contribution is -0.385. The Morgan fingerprint density at radius 3 is 2.59 bits per heavy atom. The van der Waals surface area contributed by atoms with Gasteiger partial charge in [0.2, 0.25) is 0 Å². The normalized spacial score (nSPS) is 25.7. The lowest BCUT2D eigenvalue weighted by Gasteiger charge is -2.57. The van der Waals surface area contributed by atoms with E-state index in [9.17, 15) is 14.9 Å². The molecule has 2 bridgehead atoms. The molecule has 2 atom stereocenters. The summed E-state index contributed by atoms with van der Waals surface area (Å²) in [5.41, 5.74) is 2.79. The third-order valence-electron chi connectivity index (χ3n) is 7.86. The van der Waals surface area contributed by atoms with Crippen LogP contribution in [-0.2, 0) is 0 Å². The van der Waals surface area contributed by atoms with E-state index in [2.05, 4.69) is 19.9 Å². The maximum atomic E-state index is 13.6. The van der Waals surface area contributed by atoms with Gasteiger partial charge >= 0.3 is 0 Å². The van der Waals surface area contributed by atoms with Crippen LogP contribution in [0.3, 0.4) is 0 Å². The van der Waals surface area contributed by atoms with Crippen molar-refractivity contribution in [2.75, 3.05) is 6.54 Å². The van der Waals surface area contributed by atoms with Crippen LogP contribution in [0, 0.1) is 34.3 Å². The molecule has 2 saturated carbocycles. The van der Waals surface area contributed by atoms with Gasteiger partial charge in [-0.1, -0.05) is 50.8 Å². The Kier molecular flexibility index (Phi) is 5.26. The molecule has 0 spiro atoms. The molecule has 0 saturated heterocycles. The first-order chi connectivity index (χ1) is 13.8. The Morgan fingerprint density at radius 1 is 1.24 bits per heavy atom. The van der Waals surface area contributed by atoms with Gasteiger partial charge in [0, 0.05) is 29.8 Å². The number of carbonyl (C=O) groups is 1. The quantitative estimate of drug-likeness (QED) is 0.366.